The summed E-state index contributed by atoms with van der Waals surface area (Å²) >= 11 is 0. The van der Waals surface area contributed by atoms with Crippen molar-refractivity contribution >= 4 is 0 Å². The second-order valence-corrected chi connectivity index (χ2v) is 5.51. The molecule has 118 valence electrons. The first-order chi connectivity index (χ1) is 10.2. The lowest BCUT2D eigenvalue weighted by atomic mass is 10.1. The summed E-state index contributed by atoms with van der Waals surface area (Å²) < 4.78 is 29.6. The van der Waals surface area contributed by atoms with Gasteiger partial charge < -0.3 is 10.1 Å². The number of benzene rings is 1. The summed E-state index contributed by atoms with van der Waals surface area (Å²) in [6, 6.07) is 7.58. The molecule has 1 N–H and O–H groups in total. The molecule has 2 rings (SSSR count). The number of rotatable bonds is 8. The van der Waals surface area contributed by atoms with Crippen LogP contribution in [0.5, 0.6) is 5.75 Å². The largest absolute Gasteiger partial charge is 0.434 e. The first kappa shape index (κ1) is 16.2. The molecule has 1 unspecified atom stereocenters. The molecule has 1 aromatic carbocycles. The molecule has 1 atom stereocenters. The fourth-order valence-electron chi connectivity index (χ4n) is 2.86. The third-order valence-electron chi connectivity index (χ3n) is 3.76. The summed E-state index contributed by atoms with van der Waals surface area (Å²) in [7, 11) is 0. The van der Waals surface area contributed by atoms with E-state index in [1.54, 1.807) is 12.1 Å². The minimum Gasteiger partial charge on any atom is -0.434 e. The fourth-order valence-corrected chi connectivity index (χ4v) is 2.86. The lowest BCUT2D eigenvalue weighted by Gasteiger charge is -2.26. The maximum absolute atomic E-state index is 12.5. The normalized spacial score (nSPS) is 18.6. The number of hydrogen-bond acceptors (Lipinski definition) is 3. The highest BCUT2D eigenvalue weighted by atomic mass is 19.3. The zero-order valence-corrected chi connectivity index (χ0v) is 12.5. The number of nitrogens with one attached hydrogen (secondary N) is 1. The van der Waals surface area contributed by atoms with Crippen LogP contribution in [0, 0.1) is 0 Å². The fraction of sp³-hybridized carbons (Fsp3) is 0.625. The van der Waals surface area contributed by atoms with Crippen molar-refractivity contribution in [2.24, 2.45) is 0 Å². The van der Waals surface area contributed by atoms with Crippen molar-refractivity contribution in [2.75, 3.05) is 19.6 Å². The van der Waals surface area contributed by atoms with E-state index in [2.05, 4.69) is 21.9 Å². The maximum Gasteiger partial charge on any atom is 0.387 e. The average Bonchev–Trinajstić information content (AvgIpc) is 2.93. The first-order valence-corrected chi connectivity index (χ1v) is 7.67. The molecule has 0 radical (unpaired) electrons. The maximum atomic E-state index is 12.5. The minimum absolute atomic E-state index is 0.285. The summed E-state index contributed by atoms with van der Waals surface area (Å²) in [6.45, 7) is 3.00. The van der Waals surface area contributed by atoms with Gasteiger partial charge in [0.1, 0.15) is 5.75 Å². The molecule has 21 heavy (non-hydrogen) atoms. The second kappa shape index (κ2) is 8.29. The van der Waals surface area contributed by atoms with E-state index in [-0.39, 0.29) is 5.75 Å². The van der Waals surface area contributed by atoms with Gasteiger partial charge in [0, 0.05) is 24.7 Å². The van der Waals surface area contributed by atoms with Crippen LogP contribution in [0.4, 0.5) is 8.78 Å². The molecule has 0 spiro atoms. The van der Waals surface area contributed by atoms with Gasteiger partial charge in [-0.25, -0.2) is 0 Å². The van der Waals surface area contributed by atoms with Gasteiger partial charge in [-0.05, 0) is 38.4 Å². The summed E-state index contributed by atoms with van der Waals surface area (Å²) in [5.74, 6) is 0.285. The Balaban J connectivity index is 2.01. The van der Waals surface area contributed by atoms with E-state index >= 15 is 0 Å². The highest BCUT2D eigenvalue weighted by molar-refractivity contribution is 5.33. The van der Waals surface area contributed by atoms with Gasteiger partial charge in [0.2, 0.25) is 0 Å². The van der Waals surface area contributed by atoms with E-state index in [4.69, 9.17) is 0 Å². The van der Waals surface area contributed by atoms with Crippen LogP contribution >= 0.6 is 0 Å². The molecule has 3 nitrogen and oxygen atoms in total. The van der Waals surface area contributed by atoms with Crippen LogP contribution in [0.2, 0.25) is 0 Å². The predicted octanol–water partition coefficient (Wildman–Crippen LogP) is 3.25. The van der Waals surface area contributed by atoms with Gasteiger partial charge >= 0.3 is 6.61 Å². The molecule has 1 aliphatic heterocycles. The monoisotopic (exact) mass is 298 g/mol. The van der Waals surface area contributed by atoms with E-state index in [0.717, 1.165) is 31.6 Å². The molecule has 0 aromatic heterocycles. The van der Waals surface area contributed by atoms with Crippen molar-refractivity contribution in [3.63, 3.8) is 0 Å². The third-order valence-corrected chi connectivity index (χ3v) is 3.76. The zero-order chi connectivity index (χ0) is 15.1. The van der Waals surface area contributed by atoms with Crippen LogP contribution in [0.3, 0.4) is 0 Å². The van der Waals surface area contributed by atoms with E-state index in [1.165, 1.54) is 12.8 Å². The molecule has 0 aliphatic carbocycles. The van der Waals surface area contributed by atoms with Gasteiger partial charge in [-0.3, -0.25) is 4.90 Å². The number of para-hydroxylation sites is 1. The molecule has 1 aromatic rings. The van der Waals surface area contributed by atoms with Crippen molar-refractivity contribution in [1.82, 2.24) is 10.2 Å². The van der Waals surface area contributed by atoms with E-state index in [1.807, 2.05) is 12.1 Å². The van der Waals surface area contributed by atoms with Crippen LogP contribution in [0.15, 0.2) is 24.3 Å². The Bertz CT molecular complexity index is 422. The zero-order valence-electron chi connectivity index (χ0n) is 12.5. The van der Waals surface area contributed by atoms with Gasteiger partial charge in [0.05, 0.1) is 0 Å². The summed E-state index contributed by atoms with van der Waals surface area (Å²) in [6.07, 6.45) is 3.45. The van der Waals surface area contributed by atoms with Crippen molar-refractivity contribution in [1.29, 1.82) is 0 Å². The van der Waals surface area contributed by atoms with Crippen LogP contribution in [-0.4, -0.2) is 37.2 Å². The van der Waals surface area contributed by atoms with E-state index in [0.29, 0.717) is 12.6 Å². The highest BCUT2D eigenvalue weighted by Gasteiger charge is 2.19. The van der Waals surface area contributed by atoms with Crippen LogP contribution in [-0.2, 0) is 6.54 Å². The Morgan fingerprint density at radius 1 is 1.38 bits per heavy atom. The Morgan fingerprint density at radius 3 is 2.86 bits per heavy atom. The van der Waals surface area contributed by atoms with Gasteiger partial charge in [-0.1, -0.05) is 25.1 Å². The topological polar surface area (TPSA) is 24.5 Å². The Morgan fingerprint density at radius 2 is 2.19 bits per heavy atom. The molecular formula is C16H24F2N2O. The van der Waals surface area contributed by atoms with Crippen LogP contribution in [0.1, 0.15) is 31.7 Å². The minimum atomic E-state index is -2.78. The number of halogens is 2. The molecule has 0 amide bonds. The Labute approximate surface area is 125 Å². The number of alkyl halides is 2. The quantitative estimate of drug-likeness (QED) is 0.797. The Hall–Kier alpha value is -1.20. The molecule has 0 saturated carbocycles. The summed E-state index contributed by atoms with van der Waals surface area (Å²) in [5, 5.41) is 3.49. The van der Waals surface area contributed by atoms with Crippen molar-refractivity contribution < 1.29 is 13.5 Å². The lowest BCUT2D eigenvalue weighted by molar-refractivity contribution is -0.0508. The molecule has 1 aliphatic rings. The number of hydrogen-bond donors (Lipinski definition) is 1. The van der Waals surface area contributed by atoms with Crippen LogP contribution < -0.4 is 10.1 Å². The predicted molar refractivity (Wildman–Crippen MR) is 79.7 cm³/mol. The second-order valence-electron chi connectivity index (χ2n) is 5.51. The third kappa shape index (κ3) is 5.25. The van der Waals surface area contributed by atoms with Gasteiger partial charge in [0.15, 0.2) is 0 Å². The Kier molecular flexibility index (Phi) is 6.39. The van der Waals surface area contributed by atoms with E-state index in [9.17, 15) is 8.78 Å². The molecule has 1 fully saturated rings. The van der Waals surface area contributed by atoms with E-state index < -0.39 is 6.61 Å². The number of ether oxygens (including phenoxy) is 1. The van der Waals surface area contributed by atoms with Crippen molar-refractivity contribution in [3.05, 3.63) is 29.8 Å². The lowest BCUT2D eigenvalue weighted by Crippen LogP contribution is -2.37. The van der Waals surface area contributed by atoms with Crippen molar-refractivity contribution in [2.45, 2.75) is 45.4 Å². The summed E-state index contributed by atoms with van der Waals surface area (Å²) in [4.78, 5) is 2.32. The molecule has 0 bridgehead atoms. The first-order valence-electron chi connectivity index (χ1n) is 7.67. The van der Waals surface area contributed by atoms with Gasteiger partial charge in [-0.15, -0.1) is 0 Å². The highest BCUT2D eigenvalue weighted by Crippen LogP contribution is 2.22. The summed E-state index contributed by atoms with van der Waals surface area (Å²) in [5.41, 5.74) is 0.823. The average molecular weight is 298 g/mol. The molecular weight excluding hydrogens is 274 g/mol. The van der Waals surface area contributed by atoms with Gasteiger partial charge in [0.25, 0.3) is 0 Å². The van der Waals surface area contributed by atoms with Crippen molar-refractivity contribution in [3.8, 4) is 5.75 Å². The SMILES string of the molecule is CCCN(Cc1ccccc1OC(F)F)CC1CCCN1. The standard InChI is InChI=1S/C16H24F2N2O/c1-2-10-20(12-14-7-5-9-19-14)11-13-6-3-4-8-15(13)21-16(17)18/h3-4,6,8,14,16,19H,2,5,7,9-12H2,1H3. The number of nitrogens with zero attached hydrogens (tertiary/aromatic N) is 1. The molecule has 5 heteroatoms. The van der Waals surface area contributed by atoms with Crippen LogP contribution in [0.25, 0.3) is 0 Å². The van der Waals surface area contributed by atoms with Gasteiger partial charge in [-0.2, -0.15) is 8.78 Å². The molecule has 1 saturated heterocycles. The molecule has 1 heterocycles. The smallest absolute Gasteiger partial charge is 0.387 e.